The zero-order chi connectivity index (χ0) is 10.7. The molecule has 1 aliphatic rings. The summed E-state index contributed by atoms with van der Waals surface area (Å²) in [6.07, 6.45) is 3.26. The van der Waals surface area contributed by atoms with Gasteiger partial charge in [-0.3, -0.25) is 0 Å². The number of hydrogen-bond donors (Lipinski definition) is 2. The van der Waals surface area contributed by atoms with Crippen molar-refractivity contribution in [2.75, 3.05) is 7.11 Å². The summed E-state index contributed by atoms with van der Waals surface area (Å²) in [4.78, 5) is 11.3. The van der Waals surface area contributed by atoms with Crippen LogP contribution in [-0.4, -0.2) is 25.2 Å². The van der Waals surface area contributed by atoms with E-state index in [2.05, 4.69) is 25.8 Å². The minimum absolute atomic E-state index is 0.296. The molecule has 0 aromatic carbocycles. The Bertz CT molecular complexity index is 325. The maximum absolute atomic E-state index is 11.3. The monoisotopic (exact) mass is 259 g/mol. The van der Waals surface area contributed by atoms with Gasteiger partial charge in [-0.2, -0.15) is 5.11 Å². The second-order valence-corrected chi connectivity index (χ2v) is 3.71. The molecule has 14 heavy (non-hydrogen) atoms. The van der Waals surface area contributed by atoms with Gasteiger partial charge in [0.05, 0.1) is 18.7 Å². The number of methoxy groups -OCH3 is 1. The average Bonchev–Trinajstić information content (AvgIpc) is 2.15. The van der Waals surface area contributed by atoms with Gasteiger partial charge < -0.3 is 10.5 Å². The maximum atomic E-state index is 11.3. The topological polar surface area (TPSA) is 88.5 Å². The summed E-state index contributed by atoms with van der Waals surface area (Å²) < 4.78 is 5.26. The molecule has 3 N–H and O–H groups in total. The maximum Gasteiger partial charge on any atom is 0.336 e. The second-order valence-electron chi connectivity index (χ2n) is 2.79. The molecule has 0 bridgehead atoms. The summed E-state index contributed by atoms with van der Waals surface area (Å²) in [7, 11) is 1.28. The van der Waals surface area contributed by atoms with Crippen LogP contribution >= 0.6 is 15.9 Å². The lowest BCUT2D eigenvalue weighted by atomic mass is 9.96. The summed E-state index contributed by atoms with van der Waals surface area (Å²) in [6.45, 7) is 0. The van der Waals surface area contributed by atoms with Crippen LogP contribution < -0.4 is 5.73 Å². The number of nitrogens with two attached hydrogens (primary N) is 1. The molecule has 0 aliphatic heterocycles. The Hall–Kier alpha value is -1.01. The molecule has 2 atom stereocenters. The minimum Gasteiger partial charge on any atom is -0.466 e. The van der Waals surface area contributed by atoms with E-state index in [0.29, 0.717) is 10.1 Å². The van der Waals surface area contributed by atoms with E-state index >= 15 is 0 Å². The molecular formula is C8H10BrN3O2. The quantitative estimate of drug-likeness (QED) is 0.575. The Morgan fingerprint density at radius 1 is 1.79 bits per heavy atom. The van der Waals surface area contributed by atoms with E-state index < -0.39 is 18.1 Å². The van der Waals surface area contributed by atoms with Gasteiger partial charge in [0.1, 0.15) is 6.04 Å². The van der Waals surface area contributed by atoms with Crippen LogP contribution in [0.15, 0.2) is 27.3 Å². The number of hydrogen-bond acceptors (Lipinski definition) is 5. The summed E-state index contributed by atoms with van der Waals surface area (Å²) in [6, 6.07) is -1.12. The number of carbonyl (C=O) groups is 1. The van der Waals surface area contributed by atoms with Crippen LogP contribution in [0.3, 0.4) is 0 Å². The van der Waals surface area contributed by atoms with Crippen molar-refractivity contribution in [1.29, 1.82) is 5.53 Å². The average molecular weight is 260 g/mol. The zero-order valence-corrected chi connectivity index (χ0v) is 9.11. The molecule has 0 aromatic rings. The number of ether oxygens (including phenoxy) is 1. The summed E-state index contributed by atoms with van der Waals surface area (Å²) >= 11 is 3.22. The third-order valence-electron chi connectivity index (χ3n) is 1.89. The van der Waals surface area contributed by atoms with Crippen LogP contribution in [0.5, 0.6) is 0 Å². The van der Waals surface area contributed by atoms with Gasteiger partial charge in [0, 0.05) is 4.48 Å². The number of nitrogens with one attached hydrogen (secondary N) is 1. The molecule has 0 amide bonds. The molecule has 1 rings (SSSR count). The number of rotatable bonds is 2. The number of allylic oxidation sites excluding steroid dienone is 2. The molecule has 0 saturated heterocycles. The SMILES string of the molecule is COC(=O)C1=CC(Br)=CC(N)C1N=N. The lowest BCUT2D eigenvalue weighted by molar-refractivity contribution is -0.136. The number of halogens is 1. The number of nitrogens with zero attached hydrogens (tertiary/aromatic N) is 1. The normalized spacial score (nSPS) is 26.2. The van der Waals surface area contributed by atoms with E-state index in [9.17, 15) is 4.79 Å². The van der Waals surface area contributed by atoms with Crippen molar-refractivity contribution in [3.05, 3.63) is 22.2 Å². The fourth-order valence-corrected chi connectivity index (χ4v) is 1.77. The van der Waals surface area contributed by atoms with Crippen LogP contribution in [-0.2, 0) is 9.53 Å². The predicted molar refractivity (Wildman–Crippen MR) is 54.0 cm³/mol. The van der Waals surface area contributed by atoms with Gasteiger partial charge in [0.25, 0.3) is 0 Å². The summed E-state index contributed by atoms with van der Waals surface area (Å²) in [5.74, 6) is -0.508. The van der Waals surface area contributed by atoms with Gasteiger partial charge in [-0.05, 0) is 6.08 Å². The van der Waals surface area contributed by atoms with Crippen molar-refractivity contribution < 1.29 is 9.53 Å². The first kappa shape index (κ1) is 11.1. The van der Waals surface area contributed by atoms with Gasteiger partial charge in [-0.15, -0.1) is 0 Å². The Kier molecular flexibility index (Phi) is 3.54. The molecule has 0 fully saturated rings. The molecule has 5 nitrogen and oxygen atoms in total. The van der Waals surface area contributed by atoms with Crippen LogP contribution in [0.1, 0.15) is 0 Å². The van der Waals surface area contributed by atoms with Gasteiger partial charge in [-0.1, -0.05) is 22.0 Å². The van der Waals surface area contributed by atoms with Crippen molar-refractivity contribution in [2.45, 2.75) is 12.1 Å². The predicted octanol–water partition coefficient (Wildman–Crippen LogP) is 1.11. The highest BCUT2D eigenvalue weighted by atomic mass is 79.9. The highest BCUT2D eigenvalue weighted by Crippen LogP contribution is 2.24. The molecule has 2 unspecified atom stereocenters. The molecular weight excluding hydrogens is 250 g/mol. The van der Waals surface area contributed by atoms with Gasteiger partial charge in [0.2, 0.25) is 0 Å². The summed E-state index contributed by atoms with van der Waals surface area (Å²) in [5.41, 5.74) is 12.9. The zero-order valence-electron chi connectivity index (χ0n) is 7.53. The van der Waals surface area contributed by atoms with Crippen LogP contribution in [0.2, 0.25) is 0 Å². The van der Waals surface area contributed by atoms with Crippen molar-refractivity contribution in [2.24, 2.45) is 10.8 Å². The Labute approximate surface area is 89.6 Å². The van der Waals surface area contributed by atoms with E-state index in [1.807, 2.05) is 0 Å². The molecule has 1 aliphatic carbocycles. The fraction of sp³-hybridized carbons (Fsp3) is 0.375. The Morgan fingerprint density at radius 2 is 2.43 bits per heavy atom. The fourth-order valence-electron chi connectivity index (χ4n) is 1.22. The second kappa shape index (κ2) is 4.47. The van der Waals surface area contributed by atoms with E-state index in [1.165, 1.54) is 7.11 Å². The molecule has 0 aromatic heterocycles. The molecule has 76 valence electrons. The van der Waals surface area contributed by atoms with E-state index in [1.54, 1.807) is 12.2 Å². The van der Waals surface area contributed by atoms with Crippen molar-refractivity contribution in [1.82, 2.24) is 0 Å². The molecule has 6 heteroatoms. The first-order chi connectivity index (χ1) is 6.60. The third kappa shape index (κ3) is 2.08. The highest BCUT2D eigenvalue weighted by molar-refractivity contribution is 9.11. The van der Waals surface area contributed by atoms with Crippen LogP contribution in [0, 0.1) is 5.53 Å². The van der Waals surface area contributed by atoms with E-state index in [-0.39, 0.29) is 0 Å². The largest absolute Gasteiger partial charge is 0.466 e. The summed E-state index contributed by atoms with van der Waals surface area (Å²) in [5, 5.41) is 3.30. The smallest absolute Gasteiger partial charge is 0.336 e. The standard InChI is InChI=1S/C8H10BrN3O2/c1-14-8(13)5-2-4(9)3-6(10)7(5)12-11/h2-3,6-7,11H,10H2,1H3. The number of carbonyl (C=O) groups excluding carboxylic acids is 1. The highest BCUT2D eigenvalue weighted by Gasteiger charge is 2.29. The first-order valence-corrected chi connectivity index (χ1v) is 4.68. The molecule has 0 saturated carbocycles. The molecule has 0 heterocycles. The van der Waals surface area contributed by atoms with Crippen molar-refractivity contribution in [3.8, 4) is 0 Å². The van der Waals surface area contributed by atoms with Crippen molar-refractivity contribution >= 4 is 21.9 Å². The number of esters is 1. The van der Waals surface area contributed by atoms with Crippen molar-refractivity contribution in [3.63, 3.8) is 0 Å². The van der Waals surface area contributed by atoms with Gasteiger partial charge in [0.15, 0.2) is 0 Å². The Balaban J connectivity index is 3.04. The van der Waals surface area contributed by atoms with Gasteiger partial charge >= 0.3 is 5.97 Å². The molecule has 0 spiro atoms. The lowest BCUT2D eigenvalue weighted by Crippen LogP contribution is -2.37. The van der Waals surface area contributed by atoms with E-state index in [4.69, 9.17) is 11.3 Å². The lowest BCUT2D eigenvalue weighted by Gasteiger charge is -2.21. The van der Waals surface area contributed by atoms with Gasteiger partial charge in [-0.25, -0.2) is 10.3 Å². The van der Waals surface area contributed by atoms with E-state index in [0.717, 1.165) is 0 Å². The first-order valence-electron chi connectivity index (χ1n) is 3.89. The third-order valence-corrected chi connectivity index (χ3v) is 2.38. The molecule has 0 radical (unpaired) electrons. The minimum atomic E-state index is -0.649. The van der Waals surface area contributed by atoms with Crippen LogP contribution in [0.4, 0.5) is 0 Å². The van der Waals surface area contributed by atoms with Crippen LogP contribution in [0.25, 0.3) is 0 Å². The Morgan fingerprint density at radius 3 is 2.93 bits per heavy atom.